The minimum atomic E-state index is -0.505. The number of aliphatic hydroxyl groups is 1. The molecule has 1 unspecified atom stereocenters. The zero-order valence-electron chi connectivity index (χ0n) is 8.67. The molecule has 0 aliphatic carbocycles. The van der Waals surface area contributed by atoms with Crippen LogP contribution in [0.3, 0.4) is 0 Å². The highest BCUT2D eigenvalue weighted by atomic mass is 16.7. The summed E-state index contributed by atoms with van der Waals surface area (Å²) in [6.45, 7) is 1.55. The summed E-state index contributed by atoms with van der Waals surface area (Å²) in [4.78, 5) is 10.5. The van der Waals surface area contributed by atoms with Gasteiger partial charge in [0.05, 0.1) is 4.92 Å². The minimum Gasteiger partial charge on any atom is -0.453 e. The number of nitrogens with zero attached hydrogens (tertiary/aromatic N) is 1. The molecule has 6 heteroatoms. The zero-order chi connectivity index (χ0) is 11.7. The Kier molecular flexibility index (Phi) is 2.66. The summed E-state index contributed by atoms with van der Waals surface area (Å²) in [7, 11) is 0. The van der Waals surface area contributed by atoms with Gasteiger partial charge in [0.1, 0.15) is 0 Å². The predicted octanol–water partition coefficient (Wildman–Crippen LogP) is 1.42. The van der Waals surface area contributed by atoms with Crippen LogP contribution in [0.15, 0.2) is 12.1 Å². The van der Waals surface area contributed by atoms with Crippen molar-refractivity contribution in [3.63, 3.8) is 0 Å². The topological polar surface area (TPSA) is 81.8 Å². The van der Waals surface area contributed by atoms with E-state index in [0.717, 1.165) is 0 Å². The lowest BCUT2D eigenvalue weighted by Crippen LogP contribution is -2.04. The monoisotopic (exact) mass is 225 g/mol. The van der Waals surface area contributed by atoms with E-state index < -0.39 is 4.92 Å². The van der Waals surface area contributed by atoms with Crippen LogP contribution < -0.4 is 9.47 Å². The van der Waals surface area contributed by atoms with Crippen LogP contribution in [0.25, 0.3) is 0 Å². The van der Waals surface area contributed by atoms with Crippen molar-refractivity contribution in [3.05, 3.63) is 27.8 Å². The van der Waals surface area contributed by atoms with Gasteiger partial charge in [-0.3, -0.25) is 10.1 Å². The summed E-state index contributed by atoms with van der Waals surface area (Å²) in [5.41, 5.74) is 0.341. The molecule has 0 aromatic heterocycles. The van der Waals surface area contributed by atoms with Gasteiger partial charge in [0.15, 0.2) is 5.75 Å². The van der Waals surface area contributed by atoms with Crippen LogP contribution in [-0.2, 0) is 0 Å². The van der Waals surface area contributed by atoms with Gasteiger partial charge in [-0.2, -0.15) is 0 Å². The molecule has 0 bridgehead atoms. The van der Waals surface area contributed by atoms with E-state index in [9.17, 15) is 10.1 Å². The van der Waals surface area contributed by atoms with Crippen LogP contribution in [0.4, 0.5) is 5.69 Å². The molecule has 16 heavy (non-hydrogen) atoms. The maximum atomic E-state index is 11.0. The van der Waals surface area contributed by atoms with E-state index in [4.69, 9.17) is 14.6 Å². The average Bonchev–Trinajstić information content (AvgIpc) is 2.73. The summed E-state index contributed by atoms with van der Waals surface area (Å²) in [5.74, 6) is 0.221. The van der Waals surface area contributed by atoms with Gasteiger partial charge in [0.25, 0.3) is 0 Å². The number of hydrogen-bond donors (Lipinski definition) is 1. The molecular formula is C10H11NO5. The molecule has 0 radical (unpaired) electrons. The van der Waals surface area contributed by atoms with E-state index in [-0.39, 0.29) is 30.8 Å². The lowest BCUT2D eigenvalue weighted by Gasteiger charge is -2.09. The summed E-state index contributed by atoms with van der Waals surface area (Å²) in [6, 6.07) is 3.21. The molecule has 1 N–H and O–H groups in total. The zero-order valence-corrected chi connectivity index (χ0v) is 8.67. The Hall–Kier alpha value is -1.82. The molecule has 0 spiro atoms. The Morgan fingerprint density at radius 3 is 2.94 bits per heavy atom. The first kappa shape index (κ1) is 10.7. The average molecular weight is 225 g/mol. The molecule has 6 nitrogen and oxygen atoms in total. The highest BCUT2D eigenvalue weighted by Crippen LogP contribution is 2.44. The smallest absolute Gasteiger partial charge is 0.318 e. The Morgan fingerprint density at radius 1 is 1.56 bits per heavy atom. The summed E-state index contributed by atoms with van der Waals surface area (Å²) in [6.07, 6.45) is 0. The fourth-order valence-electron chi connectivity index (χ4n) is 1.66. The van der Waals surface area contributed by atoms with Crippen LogP contribution >= 0.6 is 0 Å². The second-order valence-electron chi connectivity index (χ2n) is 3.58. The number of nitro benzene ring substituents is 1. The molecular weight excluding hydrogens is 214 g/mol. The molecule has 0 saturated heterocycles. The molecule has 1 aliphatic rings. The van der Waals surface area contributed by atoms with Crippen molar-refractivity contribution < 1.29 is 19.5 Å². The molecule has 1 heterocycles. The van der Waals surface area contributed by atoms with Crippen molar-refractivity contribution in [2.75, 3.05) is 13.4 Å². The fourth-order valence-corrected chi connectivity index (χ4v) is 1.66. The second-order valence-corrected chi connectivity index (χ2v) is 3.58. The van der Waals surface area contributed by atoms with Gasteiger partial charge in [0, 0.05) is 18.1 Å². The summed E-state index contributed by atoms with van der Waals surface area (Å²) < 4.78 is 10.1. The Labute approximate surface area is 91.6 Å². The number of rotatable bonds is 3. The van der Waals surface area contributed by atoms with E-state index >= 15 is 0 Å². The molecule has 0 fully saturated rings. The number of ether oxygens (including phenoxy) is 2. The van der Waals surface area contributed by atoms with E-state index in [0.29, 0.717) is 11.3 Å². The second kappa shape index (κ2) is 3.97. The van der Waals surface area contributed by atoms with Crippen LogP contribution in [-0.4, -0.2) is 23.4 Å². The number of nitro groups is 1. The fraction of sp³-hybridized carbons (Fsp3) is 0.400. The molecule has 1 aromatic rings. The molecule has 86 valence electrons. The third-order valence-electron chi connectivity index (χ3n) is 2.53. The lowest BCUT2D eigenvalue weighted by atomic mass is 9.99. The normalized spacial score (nSPS) is 14.9. The maximum Gasteiger partial charge on any atom is 0.318 e. The first-order chi connectivity index (χ1) is 7.65. The van der Waals surface area contributed by atoms with Crippen molar-refractivity contribution >= 4 is 5.69 Å². The standard InChI is InChI=1S/C10H11NO5/c1-6(4-12)7-2-3-8-10(16-5-15-8)9(7)11(13)14/h2-3,6,12H,4-5H2,1H3. The lowest BCUT2D eigenvalue weighted by molar-refractivity contribution is -0.386. The summed E-state index contributed by atoms with van der Waals surface area (Å²) in [5, 5.41) is 20.0. The highest BCUT2D eigenvalue weighted by molar-refractivity contribution is 5.62. The van der Waals surface area contributed by atoms with Gasteiger partial charge in [-0.1, -0.05) is 6.92 Å². The summed E-state index contributed by atoms with van der Waals surface area (Å²) >= 11 is 0. The van der Waals surface area contributed by atoms with Crippen molar-refractivity contribution in [3.8, 4) is 11.5 Å². The van der Waals surface area contributed by atoms with Gasteiger partial charge < -0.3 is 14.6 Å². The largest absolute Gasteiger partial charge is 0.453 e. The highest BCUT2D eigenvalue weighted by Gasteiger charge is 2.30. The van der Waals surface area contributed by atoms with E-state index in [1.807, 2.05) is 0 Å². The number of hydrogen-bond acceptors (Lipinski definition) is 5. The minimum absolute atomic E-state index is 0.00681. The maximum absolute atomic E-state index is 11.0. The van der Waals surface area contributed by atoms with E-state index in [1.54, 1.807) is 19.1 Å². The van der Waals surface area contributed by atoms with Gasteiger partial charge in [-0.25, -0.2) is 0 Å². The van der Waals surface area contributed by atoms with Crippen LogP contribution in [0.1, 0.15) is 18.4 Å². The molecule has 1 atom stereocenters. The van der Waals surface area contributed by atoms with Crippen molar-refractivity contribution in [2.45, 2.75) is 12.8 Å². The van der Waals surface area contributed by atoms with Crippen LogP contribution in [0.5, 0.6) is 11.5 Å². The van der Waals surface area contributed by atoms with Gasteiger partial charge >= 0.3 is 5.69 Å². The number of aliphatic hydroxyl groups excluding tert-OH is 1. The van der Waals surface area contributed by atoms with Gasteiger partial charge in [-0.15, -0.1) is 0 Å². The number of fused-ring (bicyclic) bond motifs is 1. The first-order valence-electron chi connectivity index (χ1n) is 4.83. The Bertz CT molecular complexity index is 431. The van der Waals surface area contributed by atoms with Crippen molar-refractivity contribution in [2.24, 2.45) is 0 Å². The van der Waals surface area contributed by atoms with Crippen molar-refractivity contribution in [1.82, 2.24) is 0 Å². The number of benzene rings is 1. The third kappa shape index (κ3) is 1.57. The molecule has 0 amide bonds. The van der Waals surface area contributed by atoms with E-state index in [2.05, 4.69) is 0 Å². The third-order valence-corrected chi connectivity index (χ3v) is 2.53. The SMILES string of the molecule is CC(CO)c1ccc2c(c1[N+](=O)[O-])OCO2. The Morgan fingerprint density at radius 2 is 2.31 bits per heavy atom. The molecule has 0 saturated carbocycles. The van der Waals surface area contributed by atoms with Crippen LogP contribution in [0.2, 0.25) is 0 Å². The van der Waals surface area contributed by atoms with Gasteiger partial charge in [-0.05, 0) is 12.1 Å². The quantitative estimate of drug-likeness (QED) is 0.621. The molecule has 1 aromatic carbocycles. The predicted molar refractivity (Wildman–Crippen MR) is 54.7 cm³/mol. The van der Waals surface area contributed by atoms with E-state index in [1.165, 1.54) is 0 Å². The van der Waals surface area contributed by atoms with Crippen molar-refractivity contribution in [1.29, 1.82) is 0 Å². The van der Waals surface area contributed by atoms with Crippen LogP contribution in [0, 0.1) is 10.1 Å². The Balaban J connectivity index is 2.58. The van der Waals surface area contributed by atoms with Gasteiger partial charge in [0.2, 0.25) is 12.5 Å². The molecule has 2 rings (SSSR count). The molecule has 1 aliphatic heterocycles. The first-order valence-corrected chi connectivity index (χ1v) is 4.83.